The maximum atomic E-state index is 12.7. The fraction of sp³-hybridized carbons (Fsp3) is 0.533. The van der Waals surface area contributed by atoms with Gasteiger partial charge in [0.05, 0.1) is 5.56 Å². The number of fused-ring (bicyclic) bond motifs is 2. The van der Waals surface area contributed by atoms with Crippen molar-refractivity contribution in [2.45, 2.75) is 31.3 Å². The van der Waals surface area contributed by atoms with Crippen molar-refractivity contribution in [3.63, 3.8) is 0 Å². The van der Waals surface area contributed by atoms with Crippen molar-refractivity contribution >= 4 is 17.3 Å². The second-order valence-corrected chi connectivity index (χ2v) is 5.94. The molecule has 5 nitrogen and oxygen atoms in total. The minimum Gasteiger partial charge on any atom is -0.399 e. The number of nitrogen functional groups attached to an aromatic ring is 2. The number of anilines is 2. The third kappa shape index (κ3) is 2.22. The molecule has 2 aliphatic heterocycles. The molecule has 2 atom stereocenters. The van der Waals surface area contributed by atoms with E-state index in [4.69, 9.17) is 11.5 Å². The summed E-state index contributed by atoms with van der Waals surface area (Å²) in [6.45, 7) is 1.61. The van der Waals surface area contributed by atoms with E-state index in [-0.39, 0.29) is 5.91 Å². The third-order valence-corrected chi connectivity index (χ3v) is 4.74. The molecular weight excluding hydrogens is 252 g/mol. The van der Waals surface area contributed by atoms with E-state index >= 15 is 0 Å². The van der Waals surface area contributed by atoms with Crippen LogP contribution in [0, 0.1) is 0 Å². The lowest BCUT2D eigenvalue weighted by Crippen LogP contribution is -2.39. The summed E-state index contributed by atoms with van der Waals surface area (Å²) in [4.78, 5) is 17.0. The lowest BCUT2D eigenvalue weighted by Gasteiger charge is -2.26. The summed E-state index contributed by atoms with van der Waals surface area (Å²) in [6.07, 6.45) is 3.49. The number of rotatable bonds is 1. The number of nitrogens with zero attached hydrogens (tertiary/aromatic N) is 2. The number of likely N-dealkylation sites (N-methyl/N-ethyl adjacent to an activating group) is 1. The van der Waals surface area contributed by atoms with Gasteiger partial charge < -0.3 is 16.4 Å². The molecule has 0 aromatic heterocycles. The van der Waals surface area contributed by atoms with Gasteiger partial charge in [-0.15, -0.1) is 0 Å². The summed E-state index contributed by atoms with van der Waals surface area (Å²) in [5.74, 6) is 0.0310. The molecule has 3 rings (SSSR count). The van der Waals surface area contributed by atoms with Crippen LogP contribution in [0.15, 0.2) is 18.2 Å². The van der Waals surface area contributed by atoms with Crippen LogP contribution >= 0.6 is 0 Å². The van der Waals surface area contributed by atoms with Crippen LogP contribution in [-0.2, 0) is 0 Å². The van der Waals surface area contributed by atoms with Gasteiger partial charge in [0.1, 0.15) is 0 Å². The Hall–Kier alpha value is -1.75. The largest absolute Gasteiger partial charge is 0.399 e. The minimum absolute atomic E-state index is 0.0310. The zero-order valence-electron chi connectivity index (χ0n) is 11.9. The molecule has 2 heterocycles. The van der Waals surface area contributed by atoms with Crippen LogP contribution in [0.25, 0.3) is 0 Å². The van der Waals surface area contributed by atoms with Crippen LogP contribution in [-0.4, -0.2) is 47.9 Å². The van der Waals surface area contributed by atoms with Crippen molar-refractivity contribution in [2.75, 3.05) is 31.6 Å². The first-order valence-corrected chi connectivity index (χ1v) is 7.22. The predicted octanol–water partition coefficient (Wildman–Crippen LogP) is 1.16. The summed E-state index contributed by atoms with van der Waals surface area (Å²) < 4.78 is 0. The van der Waals surface area contributed by atoms with E-state index in [1.807, 2.05) is 4.90 Å². The van der Waals surface area contributed by atoms with Gasteiger partial charge in [0, 0.05) is 36.5 Å². The number of nitrogens with two attached hydrogens (primary N) is 2. The van der Waals surface area contributed by atoms with Crippen molar-refractivity contribution < 1.29 is 4.79 Å². The lowest BCUT2D eigenvalue weighted by molar-refractivity contribution is 0.0741. The van der Waals surface area contributed by atoms with Crippen LogP contribution in [0.3, 0.4) is 0 Å². The Morgan fingerprint density at radius 1 is 1.20 bits per heavy atom. The van der Waals surface area contributed by atoms with E-state index in [1.54, 1.807) is 18.2 Å². The zero-order valence-corrected chi connectivity index (χ0v) is 11.9. The molecule has 1 amide bonds. The number of amides is 1. The van der Waals surface area contributed by atoms with Gasteiger partial charge in [-0.3, -0.25) is 9.69 Å². The molecule has 4 N–H and O–H groups in total. The van der Waals surface area contributed by atoms with Gasteiger partial charge in [-0.25, -0.2) is 0 Å². The highest BCUT2D eigenvalue weighted by atomic mass is 16.2. The molecule has 2 unspecified atom stereocenters. The van der Waals surface area contributed by atoms with Gasteiger partial charge >= 0.3 is 0 Å². The van der Waals surface area contributed by atoms with Crippen molar-refractivity contribution in [1.29, 1.82) is 0 Å². The Bertz CT molecular complexity index is 531. The van der Waals surface area contributed by atoms with Crippen molar-refractivity contribution in [1.82, 2.24) is 9.80 Å². The van der Waals surface area contributed by atoms with Crippen LogP contribution in [0.4, 0.5) is 11.4 Å². The first kappa shape index (κ1) is 13.2. The first-order valence-electron chi connectivity index (χ1n) is 7.22. The van der Waals surface area contributed by atoms with Gasteiger partial charge in [0.25, 0.3) is 5.91 Å². The van der Waals surface area contributed by atoms with Crippen molar-refractivity contribution in [3.8, 4) is 0 Å². The summed E-state index contributed by atoms with van der Waals surface area (Å²) in [5.41, 5.74) is 13.3. The van der Waals surface area contributed by atoms with Crippen molar-refractivity contribution in [2.24, 2.45) is 0 Å². The quantitative estimate of drug-likeness (QED) is 0.754. The summed E-state index contributed by atoms with van der Waals surface area (Å²) in [7, 11) is 2.17. The highest BCUT2D eigenvalue weighted by molar-refractivity contribution is 5.99. The Morgan fingerprint density at radius 2 is 1.95 bits per heavy atom. The molecule has 0 radical (unpaired) electrons. The lowest BCUT2D eigenvalue weighted by atomic mass is 10.1. The minimum atomic E-state index is 0.0310. The van der Waals surface area contributed by atoms with Gasteiger partial charge in [-0.1, -0.05) is 0 Å². The van der Waals surface area contributed by atoms with Gasteiger partial charge in [0.15, 0.2) is 0 Å². The molecular formula is C15H22N4O. The normalized spacial score (nSPS) is 26.6. The molecule has 20 heavy (non-hydrogen) atoms. The zero-order chi connectivity index (χ0) is 14.3. The number of hydrogen-bond donors (Lipinski definition) is 2. The first-order chi connectivity index (χ1) is 9.56. The molecule has 1 aromatic rings. The third-order valence-electron chi connectivity index (χ3n) is 4.74. The summed E-state index contributed by atoms with van der Waals surface area (Å²) in [6, 6.07) is 6.24. The van der Waals surface area contributed by atoms with E-state index in [1.165, 1.54) is 12.8 Å². The standard InChI is InChI=1S/C15H22N4O/c1-18-11-3-4-12(18)9-19(7-6-11)15(20)13-5-2-10(16)8-14(13)17/h2,5,8,11-12H,3-4,6-7,9,16-17H2,1H3. The fourth-order valence-corrected chi connectivity index (χ4v) is 3.44. The number of carbonyl (C=O) groups excluding carboxylic acids is 1. The number of carbonyl (C=O) groups is 1. The number of likely N-dealkylation sites (tertiary alicyclic amines) is 1. The number of hydrogen-bond acceptors (Lipinski definition) is 4. The second kappa shape index (κ2) is 4.98. The Morgan fingerprint density at radius 3 is 2.70 bits per heavy atom. The van der Waals surface area contributed by atoms with Gasteiger partial charge in [-0.05, 0) is 44.5 Å². The SMILES string of the molecule is CN1C2CCC1CN(C(=O)c1ccc(N)cc1N)CC2. The van der Waals surface area contributed by atoms with Crippen LogP contribution in [0.5, 0.6) is 0 Å². The van der Waals surface area contributed by atoms with Crippen LogP contribution < -0.4 is 11.5 Å². The van der Waals surface area contributed by atoms with Crippen LogP contribution in [0.1, 0.15) is 29.6 Å². The molecule has 1 aromatic carbocycles. The Labute approximate surface area is 119 Å². The molecule has 2 aliphatic rings. The predicted molar refractivity (Wildman–Crippen MR) is 80.4 cm³/mol. The highest BCUT2D eigenvalue weighted by Crippen LogP contribution is 2.29. The molecule has 2 fully saturated rings. The van der Waals surface area contributed by atoms with Crippen molar-refractivity contribution in [3.05, 3.63) is 23.8 Å². The maximum absolute atomic E-state index is 12.7. The fourth-order valence-electron chi connectivity index (χ4n) is 3.44. The van der Waals surface area contributed by atoms with E-state index in [0.29, 0.717) is 29.0 Å². The summed E-state index contributed by atoms with van der Waals surface area (Å²) >= 11 is 0. The monoisotopic (exact) mass is 274 g/mol. The molecule has 2 saturated heterocycles. The maximum Gasteiger partial charge on any atom is 0.256 e. The van der Waals surface area contributed by atoms with E-state index in [0.717, 1.165) is 19.5 Å². The summed E-state index contributed by atoms with van der Waals surface area (Å²) in [5, 5.41) is 0. The van der Waals surface area contributed by atoms with E-state index in [9.17, 15) is 4.79 Å². The van der Waals surface area contributed by atoms with Crippen LogP contribution in [0.2, 0.25) is 0 Å². The van der Waals surface area contributed by atoms with Gasteiger partial charge in [-0.2, -0.15) is 0 Å². The molecule has 0 saturated carbocycles. The molecule has 0 aliphatic carbocycles. The Kier molecular flexibility index (Phi) is 3.30. The average molecular weight is 274 g/mol. The van der Waals surface area contributed by atoms with Gasteiger partial charge in [0.2, 0.25) is 0 Å². The average Bonchev–Trinajstić information content (AvgIpc) is 2.62. The highest BCUT2D eigenvalue weighted by Gasteiger charge is 2.36. The van der Waals surface area contributed by atoms with E-state index in [2.05, 4.69) is 11.9 Å². The molecule has 0 spiro atoms. The smallest absolute Gasteiger partial charge is 0.256 e. The Balaban J connectivity index is 1.80. The molecule has 2 bridgehead atoms. The second-order valence-electron chi connectivity index (χ2n) is 5.94. The molecule has 108 valence electrons. The van der Waals surface area contributed by atoms with E-state index < -0.39 is 0 Å². The molecule has 5 heteroatoms. The topological polar surface area (TPSA) is 75.6 Å². The number of benzene rings is 1.